The van der Waals surface area contributed by atoms with E-state index in [0.29, 0.717) is 13.0 Å². The smallest absolute Gasteiger partial charge is 0.326 e. The standard InChI is InChI=1S/C13H24N2O5/c1-13(2,3)10(11(17)18)14-12(19)15(4)8-6-7-9(16)20-5/h10H,6-8H2,1-5H3,(H,14,19)(H,17,18). The van der Waals surface area contributed by atoms with Crippen LogP contribution in [0.3, 0.4) is 0 Å². The van der Waals surface area contributed by atoms with Crippen molar-refractivity contribution in [2.75, 3.05) is 20.7 Å². The molecule has 0 spiro atoms. The van der Waals surface area contributed by atoms with Gasteiger partial charge in [0.15, 0.2) is 0 Å². The normalized spacial score (nSPS) is 12.4. The van der Waals surface area contributed by atoms with Crippen LogP contribution in [0.2, 0.25) is 0 Å². The van der Waals surface area contributed by atoms with Crippen molar-refractivity contribution in [3.63, 3.8) is 0 Å². The number of aliphatic carboxylic acids is 1. The molecule has 2 N–H and O–H groups in total. The largest absolute Gasteiger partial charge is 0.480 e. The highest BCUT2D eigenvalue weighted by atomic mass is 16.5. The van der Waals surface area contributed by atoms with Gasteiger partial charge in [0.25, 0.3) is 0 Å². The minimum atomic E-state index is -1.08. The average Bonchev–Trinajstić information content (AvgIpc) is 2.33. The summed E-state index contributed by atoms with van der Waals surface area (Å²) in [5.74, 6) is -1.41. The molecule has 7 heteroatoms. The lowest BCUT2D eigenvalue weighted by Crippen LogP contribution is -2.52. The number of methoxy groups -OCH3 is 1. The number of carboxylic acid groups (broad SMARTS) is 1. The van der Waals surface area contributed by atoms with Gasteiger partial charge in [-0.25, -0.2) is 9.59 Å². The van der Waals surface area contributed by atoms with E-state index in [1.165, 1.54) is 12.0 Å². The van der Waals surface area contributed by atoms with E-state index >= 15 is 0 Å². The second-order valence-electron chi connectivity index (χ2n) is 5.69. The number of nitrogens with zero attached hydrogens (tertiary/aromatic N) is 1. The Morgan fingerprint density at radius 2 is 1.85 bits per heavy atom. The molecule has 0 aliphatic heterocycles. The number of carboxylic acids is 1. The number of rotatable bonds is 6. The summed E-state index contributed by atoms with van der Waals surface area (Å²) < 4.78 is 4.50. The second kappa shape index (κ2) is 7.72. The summed E-state index contributed by atoms with van der Waals surface area (Å²) in [6, 6.07) is -1.45. The summed E-state index contributed by atoms with van der Waals surface area (Å²) in [7, 11) is 2.85. The van der Waals surface area contributed by atoms with Crippen LogP contribution < -0.4 is 5.32 Å². The maximum atomic E-state index is 11.9. The van der Waals surface area contributed by atoms with E-state index in [9.17, 15) is 14.4 Å². The Kier molecular flexibility index (Phi) is 7.02. The van der Waals surface area contributed by atoms with Crippen LogP contribution in [0.25, 0.3) is 0 Å². The van der Waals surface area contributed by atoms with Crippen LogP contribution in [0.1, 0.15) is 33.6 Å². The molecule has 2 amide bonds. The highest BCUT2D eigenvalue weighted by Gasteiger charge is 2.33. The highest BCUT2D eigenvalue weighted by Crippen LogP contribution is 2.19. The summed E-state index contributed by atoms with van der Waals surface area (Å²) in [4.78, 5) is 35.3. The van der Waals surface area contributed by atoms with Gasteiger partial charge >= 0.3 is 18.0 Å². The van der Waals surface area contributed by atoms with Crippen LogP contribution in [0.4, 0.5) is 4.79 Å². The summed E-state index contributed by atoms with van der Waals surface area (Å²) in [5.41, 5.74) is -0.589. The summed E-state index contributed by atoms with van der Waals surface area (Å²) in [5, 5.41) is 11.6. The van der Waals surface area contributed by atoms with Crippen molar-refractivity contribution in [1.82, 2.24) is 10.2 Å². The molecule has 0 aromatic carbocycles. The first kappa shape index (κ1) is 18.2. The lowest BCUT2D eigenvalue weighted by Gasteiger charge is -2.29. The Hall–Kier alpha value is -1.79. The zero-order valence-electron chi connectivity index (χ0n) is 12.7. The number of carbonyl (C=O) groups is 3. The Balaban J connectivity index is 4.37. The number of nitrogens with one attached hydrogen (secondary N) is 1. The third kappa shape index (κ3) is 6.40. The van der Waals surface area contributed by atoms with Crippen molar-refractivity contribution < 1.29 is 24.2 Å². The third-order valence-corrected chi connectivity index (χ3v) is 2.83. The van der Waals surface area contributed by atoms with Gasteiger partial charge in [-0.2, -0.15) is 0 Å². The maximum absolute atomic E-state index is 11.9. The van der Waals surface area contributed by atoms with Crippen molar-refractivity contribution in [1.29, 1.82) is 0 Å². The molecular formula is C13H24N2O5. The molecular weight excluding hydrogens is 264 g/mol. The summed E-state index contributed by atoms with van der Waals surface area (Å²) in [6.45, 7) is 5.56. The van der Waals surface area contributed by atoms with Crippen molar-refractivity contribution in [3.8, 4) is 0 Å². The van der Waals surface area contributed by atoms with E-state index in [4.69, 9.17) is 5.11 Å². The van der Waals surface area contributed by atoms with Gasteiger partial charge in [-0.1, -0.05) is 20.8 Å². The number of hydrogen-bond acceptors (Lipinski definition) is 4. The Morgan fingerprint density at radius 3 is 2.25 bits per heavy atom. The molecule has 0 aliphatic rings. The van der Waals surface area contributed by atoms with Crippen LogP contribution in [-0.2, 0) is 14.3 Å². The summed E-state index contributed by atoms with van der Waals surface area (Å²) >= 11 is 0. The number of carbonyl (C=O) groups excluding carboxylic acids is 2. The van der Waals surface area contributed by atoms with Crippen LogP contribution in [0.5, 0.6) is 0 Å². The van der Waals surface area contributed by atoms with Crippen LogP contribution in [0, 0.1) is 5.41 Å². The monoisotopic (exact) mass is 288 g/mol. The molecule has 0 saturated carbocycles. The van der Waals surface area contributed by atoms with Gasteiger partial charge in [0.2, 0.25) is 0 Å². The van der Waals surface area contributed by atoms with Gasteiger partial charge < -0.3 is 20.1 Å². The SMILES string of the molecule is COC(=O)CCCN(C)C(=O)NC(C(=O)O)C(C)(C)C. The first-order valence-corrected chi connectivity index (χ1v) is 6.40. The van der Waals surface area contributed by atoms with Gasteiger partial charge in [-0.15, -0.1) is 0 Å². The zero-order valence-corrected chi connectivity index (χ0v) is 12.7. The molecule has 0 radical (unpaired) electrons. The summed E-state index contributed by atoms with van der Waals surface area (Å²) in [6.07, 6.45) is 0.680. The number of esters is 1. The van der Waals surface area contributed by atoms with E-state index in [-0.39, 0.29) is 12.4 Å². The molecule has 20 heavy (non-hydrogen) atoms. The molecule has 0 aromatic rings. The lowest BCUT2D eigenvalue weighted by molar-refractivity contribution is -0.142. The quantitative estimate of drug-likeness (QED) is 0.713. The predicted molar refractivity (Wildman–Crippen MR) is 73.3 cm³/mol. The molecule has 0 saturated heterocycles. The molecule has 0 aliphatic carbocycles. The molecule has 1 unspecified atom stereocenters. The van der Waals surface area contributed by atoms with E-state index < -0.39 is 23.5 Å². The van der Waals surface area contributed by atoms with Gasteiger partial charge in [-0.05, 0) is 11.8 Å². The van der Waals surface area contributed by atoms with E-state index in [1.54, 1.807) is 27.8 Å². The topological polar surface area (TPSA) is 95.9 Å². The maximum Gasteiger partial charge on any atom is 0.326 e. The first-order chi connectivity index (χ1) is 9.09. The molecule has 7 nitrogen and oxygen atoms in total. The molecule has 1 atom stereocenters. The fourth-order valence-corrected chi connectivity index (χ4v) is 1.55. The number of amides is 2. The Morgan fingerprint density at radius 1 is 1.30 bits per heavy atom. The first-order valence-electron chi connectivity index (χ1n) is 6.40. The zero-order chi connectivity index (χ0) is 15.9. The van der Waals surface area contributed by atoms with Crippen molar-refractivity contribution in [2.24, 2.45) is 5.41 Å². The second-order valence-corrected chi connectivity index (χ2v) is 5.69. The molecule has 116 valence electrons. The third-order valence-electron chi connectivity index (χ3n) is 2.83. The molecule has 0 fully saturated rings. The minimum Gasteiger partial charge on any atom is -0.480 e. The van der Waals surface area contributed by atoms with Crippen LogP contribution in [0.15, 0.2) is 0 Å². The Labute approximate surface area is 119 Å². The van der Waals surface area contributed by atoms with Gasteiger partial charge in [0.1, 0.15) is 6.04 Å². The van der Waals surface area contributed by atoms with E-state index in [2.05, 4.69) is 10.1 Å². The van der Waals surface area contributed by atoms with Crippen molar-refractivity contribution >= 4 is 18.0 Å². The Bertz CT molecular complexity index is 362. The lowest BCUT2D eigenvalue weighted by atomic mass is 9.87. The number of hydrogen-bond donors (Lipinski definition) is 2. The number of ether oxygens (including phenoxy) is 1. The molecule has 0 heterocycles. The van der Waals surface area contributed by atoms with Gasteiger partial charge in [0.05, 0.1) is 7.11 Å². The van der Waals surface area contributed by atoms with Gasteiger partial charge in [-0.3, -0.25) is 4.79 Å². The van der Waals surface area contributed by atoms with Gasteiger partial charge in [0, 0.05) is 20.0 Å². The molecule has 0 bridgehead atoms. The van der Waals surface area contributed by atoms with E-state index in [0.717, 1.165) is 0 Å². The fourth-order valence-electron chi connectivity index (χ4n) is 1.55. The highest BCUT2D eigenvalue weighted by molar-refractivity contribution is 5.83. The molecule has 0 aromatic heterocycles. The fraction of sp³-hybridized carbons (Fsp3) is 0.769. The average molecular weight is 288 g/mol. The number of urea groups is 1. The predicted octanol–water partition coefficient (Wildman–Crippen LogP) is 1.08. The van der Waals surface area contributed by atoms with Crippen molar-refractivity contribution in [3.05, 3.63) is 0 Å². The van der Waals surface area contributed by atoms with Crippen LogP contribution >= 0.6 is 0 Å². The van der Waals surface area contributed by atoms with Crippen LogP contribution in [-0.4, -0.2) is 54.7 Å². The molecule has 0 rings (SSSR count). The van der Waals surface area contributed by atoms with Crippen molar-refractivity contribution in [2.45, 2.75) is 39.7 Å². The minimum absolute atomic E-state index is 0.218. The van der Waals surface area contributed by atoms with E-state index in [1.807, 2.05) is 0 Å².